The van der Waals surface area contributed by atoms with Gasteiger partial charge in [-0.15, -0.1) is 11.3 Å². The number of hydrogen-bond donors (Lipinski definition) is 1. The van der Waals surface area contributed by atoms with Gasteiger partial charge in [0.05, 0.1) is 18.7 Å². The van der Waals surface area contributed by atoms with E-state index in [1.807, 2.05) is 11.9 Å². The number of nitrogens with one attached hydrogen (secondary N) is 1. The van der Waals surface area contributed by atoms with E-state index in [1.54, 1.807) is 13.8 Å². The van der Waals surface area contributed by atoms with Gasteiger partial charge in [-0.3, -0.25) is 9.69 Å². The van der Waals surface area contributed by atoms with Gasteiger partial charge in [0.2, 0.25) is 5.91 Å². The summed E-state index contributed by atoms with van der Waals surface area (Å²) in [5.41, 5.74) is 0.645. The molecule has 1 amide bonds. The van der Waals surface area contributed by atoms with Crippen LogP contribution >= 0.6 is 11.3 Å². The molecule has 2 rings (SSSR count). The maximum absolute atomic E-state index is 12.5. The molecule has 1 aliphatic rings. The van der Waals surface area contributed by atoms with Crippen molar-refractivity contribution in [2.24, 2.45) is 0 Å². The molecule has 28 heavy (non-hydrogen) atoms. The molecule has 1 saturated carbocycles. The predicted octanol–water partition coefficient (Wildman–Crippen LogP) is 3.39. The van der Waals surface area contributed by atoms with Crippen LogP contribution in [0.1, 0.15) is 58.2 Å². The van der Waals surface area contributed by atoms with Crippen LogP contribution in [0.25, 0.3) is 0 Å². The largest absolute Gasteiger partial charge is 0.462 e. The molecule has 1 heterocycles. The van der Waals surface area contributed by atoms with Gasteiger partial charge in [0.1, 0.15) is 16.5 Å². The zero-order valence-corrected chi connectivity index (χ0v) is 17.5. The Balaban J connectivity index is 2.20. The van der Waals surface area contributed by atoms with Crippen molar-refractivity contribution in [2.45, 2.75) is 45.6 Å². The van der Waals surface area contributed by atoms with Crippen LogP contribution in [-0.4, -0.2) is 55.6 Å². The van der Waals surface area contributed by atoms with Crippen LogP contribution in [0.3, 0.4) is 0 Å². The lowest BCUT2D eigenvalue weighted by atomic mass is 10.1. The van der Waals surface area contributed by atoms with Crippen LogP contribution < -0.4 is 5.32 Å². The smallest absolute Gasteiger partial charge is 0.348 e. The molecule has 0 saturated heterocycles. The summed E-state index contributed by atoms with van der Waals surface area (Å²) in [4.78, 5) is 39.5. The maximum atomic E-state index is 12.5. The van der Waals surface area contributed by atoms with Crippen molar-refractivity contribution >= 4 is 34.2 Å². The zero-order chi connectivity index (χ0) is 20.7. The monoisotopic (exact) mass is 408 g/mol. The molecular formula is C20H28N2O5S. The number of ether oxygens (including phenoxy) is 2. The van der Waals surface area contributed by atoms with E-state index >= 15 is 0 Å². The summed E-state index contributed by atoms with van der Waals surface area (Å²) in [6.07, 6.45) is 6.02. The molecule has 0 bridgehead atoms. The fraction of sp³-hybridized carbons (Fsp3) is 0.550. The second-order valence-corrected chi connectivity index (χ2v) is 7.79. The van der Waals surface area contributed by atoms with Crippen molar-refractivity contribution < 1.29 is 23.9 Å². The van der Waals surface area contributed by atoms with Gasteiger partial charge in [0.25, 0.3) is 0 Å². The molecule has 7 nitrogen and oxygen atoms in total. The third-order valence-electron chi connectivity index (χ3n) is 4.74. The Morgan fingerprint density at radius 3 is 2.54 bits per heavy atom. The van der Waals surface area contributed by atoms with E-state index in [0.29, 0.717) is 16.6 Å². The fourth-order valence-electron chi connectivity index (χ4n) is 3.31. The lowest BCUT2D eigenvalue weighted by Crippen LogP contribution is -2.36. The van der Waals surface area contributed by atoms with Crippen LogP contribution in [0, 0.1) is 6.92 Å². The summed E-state index contributed by atoms with van der Waals surface area (Å²) in [6, 6.07) is 0.407. The van der Waals surface area contributed by atoms with Gasteiger partial charge >= 0.3 is 11.9 Å². The molecule has 0 atom stereocenters. The molecule has 1 N–H and O–H groups in total. The number of esters is 2. The first-order valence-corrected chi connectivity index (χ1v) is 10.3. The Morgan fingerprint density at radius 1 is 1.25 bits per heavy atom. The van der Waals surface area contributed by atoms with Crippen LogP contribution in [-0.2, 0) is 14.3 Å². The average molecular weight is 409 g/mol. The molecule has 8 heteroatoms. The number of nitrogens with zero attached hydrogens (tertiary/aromatic N) is 1. The molecule has 0 aliphatic heterocycles. The normalized spacial score (nSPS) is 14.1. The zero-order valence-electron chi connectivity index (χ0n) is 16.7. The molecule has 154 valence electrons. The molecule has 0 radical (unpaired) electrons. The van der Waals surface area contributed by atoms with Gasteiger partial charge in [-0.05, 0) is 39.3 Å². The molecule has 1 aliphatic carbocycles. The van der Waals surface area contributed by atoms with Gasteiger partial charge in [0, 0.05) is 6.04 Å². The van der Waals surface area contributed by atoms with Crippen LogP contribution in [0.5, 0.6) is 0 Å². The maximum Gasteiger partial charge on any atom is 0.348 e. The number of carbonyl (C=O) groups is 3. The quantitative estimate of drug-likeness (QED) is 0.498. The minimum Gasteiger partial charge on any atom is -0.462 e. The number of likely N-dealkylation sites (N-methyl/N-ethyl adjacent to an activating group) is 1. The first-order chi connectivity index (χ1) is 13.4. The van der Waals surface area contributed by atoms with Crippen LogP contribution in [0.15, 0.2) is 12.7 Å². The first-order valence-electron chi connectivity index (χ1n) is 9.47. The van der Waals surface area contributed by atoms with E-state index < -0.39 is 11.9 Å². The highest BCUT2D eigenvalue weighted by molar-refractivity contribution is 7.18. The second-order valence-electron chi connectivity index (χ2n) is 6.77. The Hall–Kier alpha value is -2.19. The Morgan fingerprint density at radius 2 is 1.93 bits per heavy atom. The van der Waals surface area contributed by atoms with Crippen molar-refractivity contribution in [3.05, 3.63) is 28.7 Å². The summed E-state index contributed by atoms with van der Waals surface area (Å²) in [6.45, 7) is 7.35. The third kappa shape index (κ3) is 5.42. The summed E-state index contributed by atoms with van der Waals surface area (Å²) in [5.74, 6) is -1.36. The van der Waals surface area contributed by atoms with E-state index in [-0.39, 0.29) is 36.1 Å². The number of anilines is 1. The lowest BCUT2D eigenvalue weighted by Gasteiger charge is -2.23. The molecule has 1 fully saturated rings. The molecule has 1 aromatic rings. The van der Waals surface area contributed by atoms with Crippen molar-refractivity contribution in [2.75, 3.05) is 32.1 Å². The first kappa shape index (κ1) is 22.1. The highest BCUT2D eigenvalue weighted by Crippen LogP contribution is 2.34. The molecular weight excluding hydrogens is 380 g/mol. The summed E-state index contributed by atoms with van der Waals surface area (Å²) in [7, 11) is 1.93. The van der Waals surface area contributed by atoms with Gasteiger partial charge in [-0.25, -0.2) is 9.59 Å². The number of amides is 1. The topological polar surface area (TPSA) is 84.9 Å². The molecule has 0 aromatic carbocycles. The number of thiophene rings is 1. The Kier molecular flexibility index (Phi) is 8.19. The van der Waals surface area contributed by atoms with Gasteiger partial charge in [0.15, 0.2) is 0 Å². The third-order valence-corrected chi connectivity index (χ3v) is 5.93. The predicted molar refractivity (Wildman–Crippen MR) is 109 cm³/mol. The van der Waals surface area contributed by atoms with E-state index in [0.717, 1.165) is 24.2 Å². The van der Waals surface area contributed by atoms with Crippen molar-refractivity contribution in [1.82, 2.24) is 4.90 Å². The highest BCUT2D eigenvalue weighted by Gasteiger charge is 2.28. The van der Waals surface area contributed by atoms with Crippen LogP contribution in [0.2, 0.25) is 0 Å². The molecule has 0 unspecified atom stereocenters. The van der Waals surface area contributed by atoms with Crippen molar-refractivity contribution in [1.29, 1.82) is 0 Å². The van der Waals surface area contributed by atoms with Crippen molar-refractivity contribution in [3.63, 3.8) is 0 Å². The number of rotatable bonds is 9. The summed E-state index contributed by atoms with van der Waals surface area (Å²) in [5, 5.41) is 3.10. The minimum atomic E-state index is -0.571. The van der Waals surface area contributed by atoms with E-state index in [4.69, 9.17) is 9.47 Å². The van der Waals surface area contributed by atoms with Gasteiger partial charge in [-0.1, -0.05) is 25.5 Å². The number of carbonyl (C=O) groups excluding carboxylic acids is 3. The van der Waals surface area contributed by atoms with Crippen molar-refractivity contribution in [3.8, 4) is 0 Å². The minimum absolute atomic E-state index is 0.0682. The molecule has 0 spiro atoms. The summed E-state index contributed by atoms with van der Waals surface area (Å²) < 4.78 is 10.2. The standard InChI is InChI=1S/C20H28N2O5S/c1-5-11-27-20(25)17-13(3)16(19(24)26-6-2)18(28-17)21-15(23)12-22(4)14-9-7-8-10-14/h5,14H,1,6-12H2,2-4H3,(H,21,23). The van der Waals surface area contributed by atoms with E-state index in [1.165, 1.54) is 18.9 Å². The summed E-state index contributed by atoms with van der Waals surface area (Å²) >= 11 is 1.03. The SMILES string of the molecule is C=CCOC(=O)c1sc(NC(=O)CN(C)C2CCCC2)c(C(=O)OCC)c1C. The Labute approximate surface area is 169 Å². The average Bonchev–Trinajstić information content (AvgIpc) is 3.28. The second kappa shape index (κ2) is 10.4. The lowest BCUT2D eigenvalue weighted by molar-refractivity contribution is -0.117. The van der Waals surface area contributed by atoms with E-state index in [9.17, 15) is 14.4 Å². The van der Waals surface area contributed by atoms with Crippen LogP contribution in [0.4, 0.5) is 5.00 Å². The molecule has 1 aromatic heterocycles. The van der Waals surface area contributed by atoms with Gasteiger partial charge < -0.3 is 14.8 Å². The van der Waals surface area contributed by atoms with E-state index in [2.05, 4.69) is 11.9 Å². The Bertz CT molecular complexity index is 737. The highest BCUT2D eigenvalue weighted by atomic mass is 32.1. The van der Waals surface area contributed by atoms with Gasteiger partial charge in [-0.2, -0.15) is 0 Å². The number of hydrogen-bond acceptors (Lipinski definition) is 7. The fourth-order valence-corrected chi connectivity index (χ4v) is 4.42.